The van der Waals surface area contributed by atoms with Crippen LogP contribution in [0.15, 0.2) is 66.4 Å². The number of thiazole rings is 1. The fraction of sp³-hybridized carbons (Fsp3) is 0.276. The Balaban J connectivity index is 1.19. The maximum absolute atomic E-state index is 4.69. The first-order valence-corrected chi connectivity index (χ1v) is 13.7. The van der Waals surface area contributed by atoms with Gasteiger partial charge in [0.2, 0.25) is 5.95 Å². The molecular formula is C29H30N8S. The quantitative estimate of drug-likeness (QED) is 0.316. The molecule has 1 atom stereocenters. The Bertz CT molecular complexity index is 1560. The lowest BCUT2D eigenvalue weighted by molar-refractivity contribution is 0.311. The third kappa shape index (κ3) is 5.20. The zero-order chi connectivity index (χ0) is 26.1. The van der Waals surface area contributed by atoms with Crippen molar-refractivity contribution in [3.05, 3.63) is 77.8 Å². The van der Waals surface area contributed by atoms with Crippen LogP contribution in [0.5, 0.6) is 0 Å². The van der Waals surface area contributed by atoms with Gasteiger partial charge in [0.15, 0.2) is 0 Å². The Hall–Kier alpha value is -3.95. The number of hydrogen-bond acceptors (Lipinski definition) is 9. The fourth-order valence-electron chi connectivity index (χ4n) is 4.74. The number of benzene rings is 2. The number of rotatable bonds is 6. The van der Waals surface area contributed by atoms with Crippen molar-refractivity contribution in [3.63, 3.8) is 0 Å². The van der Waals surface area contributed by atoms with Crippen LogP contribution in [0, 0.1) is 6.92 Å². The van der Waals surface area contributed by atoms with Gasteiger partial charge in [-0.15, -0.1) is 11.3 Å². The summed E-state index contributed by atoms with van der Waals surface area (Å²) >= 11 is 1.64. The molecule has 3 aromatic heterocycles. The molecule has 38 heavy (non-hydrogen) atoms. The zero-order valence-electron chi connectivity index (χ0n) is 21.8. The molecule has 1 aliphatic rings. The molecule has 8 nitrogen and oxygen atoms in total. The first kappa shape index (κ1) is 24.4. The standard InChI is InChI=1S/C29H30N8S/c1-19(33-28-15-26(34-20(2)35-28)23-7-8-25-27(14-23)38-18-32-25)21-5-4-6-22(13-21)24-16-30-29(31-17-24)37-11-9-36(3)10-12-37/h4-8,13-19H,9-12H2,1-3H3,(H,33,34,35). The van der Waals surface area contributed by atoms with Gasteiger partial charge >= 0.3 is 0 Å². The number of piperazine rings is 1. The van der Waals surface area contributed by atoms with E-state index >= 15 is 0 Å². The van der Waals surface area contributed by atoms with Gasteiger partial charge in [-0.3, -0.25) is 0 Å². The average Bonchev–Trinajstić information content (AvgIpc) is 3.41. The van der Waals surface area contributed by atoms with E-state index in [0.717, 1.165) is 81.9 Å². The fourth-order valence-corrected chi connectivity index (χ4v) is 5.45. The van der Waals surface area contributed by atoms with E-state index in [4.69, 9.17) is 0 Å². The summed E-state index contributed by atoms with van der Waals surface area (Å²) in [6.07, 6.45) is 3.86. The lowest BCUT2D eigenvalue weighted by Gasteiger charge is -2.32. The summed E-state index contributed by atoms with van der Waals surface area (Å²) in [5.41, 5.74) is 8.11. The molecule has 2 aromatic carbocycles. The van der Waals surface area contributed by atoms with E-state index in [0.29, 0.717) is 0 Å². The van der Waals surface area contributed by atoms with E-state index < -0.39 is 0 Å². The van der Waals surface area contributed by atoms with E-state index in [9.17, 15) is 0 Å². The SMILES string of the molecule is Cc1nc(NC(C)c2cccc(-c3cnc(N4CCN(C)CC4)nc3)c2)cc(-c2ccc3ncsc3c2)n1. The highest BCUT2D eigenvalue weighted by Crippen LogP contribution is 2.29. The first-order valence-electron chi connectivity index (χ1n) is 12.8. The van der Waals surface area contributed by atoms with Crippen LogP contribution >= 0.6 is 11.3 Å². The number of fused-ring (bicyclic) bond motifs is 1. The molecule has 5 aromatic rings. The van der Waals surface area contributed by atoms with Gasteiger partial charge in [-0.25, -0.2) is 24.9 Å². The molecule has 1 unspecified atom stereocenters. The minimum Gasteiger partial charge on any atom is -0.363 e. The minimum atomic E-state index is 0.0478. The Labute approximate surface area is 226 Å². The highest BCUT2D eigenvalue weighted by molar-refractivity contribution is 7.16. The highest BCUT2D eigenvalue weighted by Gasteiger charge is 2.17. The van der Waals surface area contributed by atoms with E-state index in [1.165, 1.54) is 0 Å². The Kier molecular flexibility index (Phi) is 6.70. The molecule has 1 fully saturated rings. The Morgan fingerprint density at radius 1 is 0.868 bits per heavy atom. The van der Waals surface area contributed by atoms with E-state index in [1.54, 1.807) is 11.3 Å². The number of likely N-dealkylation sites (N-methyl/N-ethyl adjacent to an activating group) is 1. The van der Waals surface area contributed by atoms with Gasteiger partial charge in [0.1, 0.15) is 11.6 Å². The summed E-state index contributed by atoms with van der Waals surface area (Å²) in [4.78, 5) is 27.6. The number of aromatic nitrogens is 5. The Morgan fingerprint density at radius 3 is 2.50 bits per heavy atom. The number of hydrogen-bond donors (Lipinski definition) is 1. The van der Waals surface area contributed by atoms with Crippen molar-refractivity contribution in [2.24, 2.45) is 0 Å². The molecule has 0 radical (unpaired) electrons. The van der Waals surface area contributed by atoms with Crippen LogP contribution in [0.3, 0.4) is 0 Å². The van der Waals surface area contributed by atoms with E-state index in [2.05, 4.69) is 90.4 Å². The van der Waals surface area contributed by atoms with Crippen molar-refractivity contribution in [1.82, 2.24) is 29.8 Å². The smallest absolute Gasteiger partial charge is 0.225 e. The largest absolute Gasteiger partial charge is 0.363 e. The molecule has 1 N–H and O–H groups in total. The molecule has 192 valence electrons. The normalized spacial score (nSPS) is 15.1. The topological polar surface area (TPSA) is 83.0 Å². The highest BCUT2D eigenvalue weighted by atomic mass is 32.1. The second-order valence-electron chi connectivity index (χ2n) is 9.77. The summed E-state index contributed by atoms with van der Waals surface area (Å²) in [5.74, 6) is 2.33. The molecule has 0 aliphatic carbocycles. The van der Waals surface area contributed by atoms with Crippen LogP contribution < -0.4 is 10.2 Å². The summed E-state index contributed by atoms with van der Waals surface area (Å²) in [6.45, 7) is 8.06. The van der Waals surface area contributed by atoms with Gasteiger partial charge in [0.25, 0.3) is 0 Å². The van der Waals surface area contributed by atoms with E-state index in [1.807, 2.05) is 37.0 Å². The summed E-state index contributed by atoms with van der Waals surface area (Å²) in [7, 11) is 2.15. The molecule has 6 rings (SSSR count). The molecule has 9 heteroatoms. The van der Waals surface area contributed by atoms with Gasteiger partial charge in [0, 0.05) is 61.8 Å². The van der Waals surface area contributed by atoms with Gasteiger partial charge in [-0.05, 0) is 50.2 Å². The van der Waals surface area contributed by atoms with Gasteiger partial charge in [-0.2, -0.15) is 0 Å². The average molecular weight is 523 g/mol. The summed E-state index contributed by atoms with van der Waals surface area (Å²) in [5, 5.41) is 3.57. The molecule has 0 saturated carbocycles. The van der Waals surface area contributed by atoms with Crippen LogP contribution in [-0.4, -0.2) is 63.0 Å². The maximum atomic E-state index is 4.69. The van der Waals surface area contributed by atoms with Crippen molar-refractivity contribution in [1.29, 1.82) is 0 Å². The zero-order valence-corrected chi connectivity index (χ0v) is 22.6. The van der Waals surface area contributed by atoms with Crippen molar-refractivity contribution < 1.29 is 0 Å². The molecule has 0 bridgehead atoms. The molecule has 4 heterocycles. The molecule has 0 amide bonds. The molecule has 1 aliphatic heterocycles. The first-order chi connectivity index (χ1) is 18.5. The van der Waals surface area contributed by atoms with E-state index in [-0.39, 0.29) is 6.04 Å². The predicted octanol–water partition coefficient (Wildman–Crippen LogP) is 5.44. The van der Waals surface area contributed by atoms with Gasteiger partial charge in [0.05, 0.1) is 21.4 Å². The Morgan fingerprint density at radius 2 is 1.68 bits per heavy atom. The molecular weight excluding hydrogens is 492 g/mol. The second kappa shape index (κ2) is 10.4. The van der Waals surface area contributed by atoms with Crippen LogP contribution in [0.1, 0.15) is 24.4 Å². The van der Waals surface area contributed by atoms with Crippen molar-refractivity contribution in [2.45, 2.75) is 19.9 Å². The van der Waals surface area contributed by atoms with Crippen LogP contribution in [0.4, 0.5) is 11.8 Å². The number of anilines is 2. The van der Waals surface area contributed by atoms with Gasteiger partial charge in [-0.1, -0.05) is 24.3 Å². The maximum Gasteiger partial charge on any atom is 0.225 e. The van der Waals surface area contributed by atoms with Crippen molar-refractivity contribution in [3.8, 4) is 22.4 Å². The van der Waals surface area contributed by atoms with Gasteiger partial charge < -0.3 is 15.1 Å². The predicted molar refractivity (Wildman–Crippen MR) is 155 cm³/mol. The van der Waals surface area contributed by atoms with Crippen molar-refractivity contribution in [2.75, 3.05) is 43.4 Å². The molecule has 1 saturated heterocycles. The van der Waals surface area contributed by atoms with Crippen molar-refractivity contribution >= 4 is 33.3 Å². The van der Waals surface area contributed by atoms with Crippen LogP contribution in [-0.2, 0) is 0 Å². The minimum absolute atomic E-state index is 0.0478. The number of aryl methyl sites for hydroxylation is 1. The van der Waals surface area contributed by atoms with Crippen LogP contribution in [0.2, 0.25) is 0 Å². The number of nitrogens with one attached hydrogen (secondary N) is 1. The summed E-state index contributed by atoms with van der Waals surface area (Å²) < 4.78 is 1.15. The number of nitrogens with zero attached hydrogens (tertiary/aromatic N) is 7. The molecule has 0 spiro atoms. The monoisotopic (exact) mass is 522 g/mol. The summed E-state index contributed by atoms with van der Waals surface area (Å²) in [6, 6.07) is 16.8. The third-order valence-corrected chi connectivity index (χ3v) is 7.77. The lowest BCUT2D eigenvalue weighted by Crippen LogP contribution is -2.45. The second-order valence-corrected chi connectivity index (χ2v) is 10.7. The lowest BCUT2D eigenvalue weighted by atomic mass is 10.0. The third-order valence-electron chi connectivity index (χ3n) is 6.97. The van der Waals surface area contributed by atoms with Crippen LogP contribution in [0.25, 0.3) is 32.6 Å².